The number of nitrogens with one attached hydrogen (secondary N) is 1. The maximum absolute atomic E-state index is 12.5. The molecule has 7 heteroatoms. The van der Waals surface area contributed by atoms with Crippen LogP contribution in [0.15, 0.2) is 36.4 Å². The summed E-state index contributed by atoms with van der Waals surface area (Å²) < 4.78 is 8.28. The Morgan fingerprint density at radius 2 is 1.96 bits per heavy atom. The van der Waals surface area contributed by atoms with Gasteiger partial charge in [-0.1, -0.05) is 6.07 Å². The molecule has 0 radical (unpaired) electrons. The lowest BCUT2D eigenvalue weighted by Gasteiger charge is -2.15. The molecule has 1 aliphatic rings. The lowest BCUT2D eigenvalue weighted by molar-refractivity contribution is -0.116. The highest BCUT2D eigenvalue weighted by molar-refractivity contribution is 7.00. The Hall–Kier alpha value is -2.80. The molecule has 1 aromatic heterocycles. The molecular formula is C17H14N4O2S. The maximum Gasteiger partial charge on any atom is 0.255 e. The standard InChI is InChI=1S/C17H14N4O2S/c1-10(22)21-7-6-11-2-4-13(9-16(11)21)18-17(23)12-3-5-14-15(8-12)20-24-19-14/h2-5,8-9H,6-7H2,1H3,(H,18,23). The Balaban J connectivity index is 1.60. The molecule has 2 heterocycles. The molecule has 2 amide bonds. The summed E-state index contributed by atoms with van der Waals surface area (Å²) in [6, 6.07) is 10.9. The molecule has 4 rings (SSSR count). The van der Waals surface area contributed by atoms with Crippen LogP contribution < -0.4 is 10.2 Å². The van der Waals surface area contributed by atoms with E-state index < -0.39 is 0 Å². The second-order valence-corrected chi connectivity index (χ2v) is 6.21. The van der Waals surface area contributed by atoms with E-state index in [0.29, 0.717) is 23.3 Å². The Labute approximate surface area is 142 Å². The van der Waals surface area contributed by atoms with E-state index in [9.17, 15) is 9.59 Å². The summed E-state index contributed by atoms with van der Waals surface area (Å²) in [5.41, 5.74) is 4.69. The van der Waals surface area contributed by atoms with E-state index in [1.165, 1.54) is 0 Å². The first-order valence-electron chi connectivity index (χ1n) is 7.56. The van der Waals surface area contributed by atoms with E-state index in [-0.39, 0.29) is 11.8 Å². The van der Waals surface area contributed by atoms with Crippen molar-refractivity contribution in [2.75, 3.05) is 16.8 Å². The van der Waals surface area contributed by atoms with Crippen molar-refractivity contribution < 1.29 is 9.59 Å². The highest BCUT2D eigenvalue weighted by Crippen LogP contribution is 2.31. The van der Waals surface area contributed by atoms with E-state index in [1.807, 2.05) is 18.2 Å². The van der Waals surface area contributed by atoms with E-state index in [2.05, 4.69) is 14.1 Å². The van der Waals surface area contributed by atoms with Gasteiger partial charge in [0, 0.05) is 30.4 Å². The number of hydrogen-bond donors (Lipinski definition) is 1. The molecule has 0 aliphatic carbocycles. The summed E-state index contributed by atoms with van der Waals surface area (Å²) in [5.74, 6) is -0.198. The van der Waals surface area contributed by atoms with Gasteiger partial charge >= 0.3 is 0 Å². The van der Waals surface area contributed by atoms with Crippen LogP contribution in [0.2, 0.25) is 0 Å². The molecule has 0 bridgehead atoms. The van der Waals surface area contributed by atoms with Crippen LogP contribution in [-0.2, 0) is 11.2 Å². The predicted octanol–water partition coefficient (Wildman–Crippen LogP) is 2.85. The third-order valence-corrected chi connectivity index (χ3v) is 4.69. The van der Waals surface area contributed by atoms with Crippen molar-refractivity contribution in [2.45, 2.75) is 13.3 Å². The summed E-state index contributed by atoms with van der Waals surface area (Å²) in [6.45, 7) is 2.24. The van der Waals surface area contributed by atoms with Gasteiger partial charge in [-0.15, -0.1) is 0 Å². The summed E-state index contributed by atoms with van der Waals surface area (Å²) >= 11 is 1.12. The van der Waals surface area contributed by atoms with Crippen LogP contribution in [0.25, 0.3) is 11.0 Å². The lowest BCUT2D eigenvalue weighted by Crippen LogP contribution is -2.25. The number of carbonyl (C=O) groups is 2. The van der Waals surface area contributed by atoms with Crippen LogP contribution >= 0.6 is 11.7 Å². The third-order valence-electron chi connectivity index (χ3n) is 4.13. The number of amides is 2. The summed E-state index contributed by atoms with van der Waals surface area (Å²) in [7, 11) is 0. The lowest BCUT2D eigenvalue weighted by atomic mass is 10.1. The largest absolute Gasteiger partial charge is 0.322 e. The number of hydrogen-bond acceptors (Lipinski definition) is 5. The second kappa shape index (κ2) is 5.68. The SMILES string of the molecule is CC(=O)N1CCc2ccc(NC(=O)c3ccc4nsnc4c3)cc21. The molecule has 0 unspecified atom stereocenters. The monoisotopic (exact) mass is 338 g/mol. The minimum atomic E-state index is -0.211. The Bertz CT molecular complexity index is 966. The van der Waals surface area contributed by atoms with Crippen molar-refractivity contribution in [3.8, 4) is 0 Å². The van der Waals surface area contributed by atoms with Crippen LogP contribution in [0.5, 0.6) is 0 Å². The van der Waals surface area contributed by atoms with Crippen molar-refractivity contribution in [2.24, 2.45) is 0 Å². The average molecular weight is 338 g/mol. The molecule has 0 saturated carbocycles. The zero-order valence-corrected chi connectivity index (χ0v) is 13.8. The first-order valence-corrected chi connectivity index (χ1v) is 8.29. The molecule has 6 nitrogen and oxygen atoms in total. The van der Waals surface area contributed by atoms with Gasteiger partial charge in [0.2, 0.25) is 5.91 Å². The molecule has 0 saturated heterocycles. The van der Waals surface area contributed by atoms with Gasteiger partial charge in [-0.2, -0.15) is 8.75 Å². The van der Waals surface area contributed by atoms with Crippen molar-refractivity contribution in [3.05, 3.63) is 47.5 Å². The molecule has 0 spiro atoms. The molecule has 0 atom stereocenters. The van der Waals surface area contributed by atoms with Crippen molar-refractivity contribution in [1.29, 1.82) is 0 Å². The van der Waals surface area contributed by atoms with Gasteiger partial charge in [-0.05, 0) is 42.3 Å². The van der Waals surface area contributed by atoms with Crippen LogP contribution in [0, 0.1) is 0 Å². The molecule has 2 aromatic carbocycles. The number of aromatic nitrogens is 2. The fourth-order valence-corrected chi connectivity index (χ4v) is 3.43. The Morgan fingerprint density at radius 1 is 1.12 bits per heavy atom. The fourth-order valence-electron chi connectivity index (χ4n) is 2.91. The zero-order valence-electron chi connectivity index (χ0n) is 12.9. The highest BCUT2D eigenvalue weighted by Gasteiger charge is 2.22. The van der Waals surface area contributed by atoms with Crippen molar-refractivity contribution >= 4 is 46.0 Å². The number of benzene rings is 2. The first kappa shape index (κ1) is 14.8. The maximum atomic E-state index is 12.5. The fraction of sp³-hybridized carbons (Fsp3) is 0.176. The van der Waals surface area contributed by atoms with E-state index in [4.69, 9.17) is 0 Å². The predicted molar refractivity (Wildman–Crippen MR) is 93.5 cm³/mol. The van der Waals surface area contributed by atoms with E-state index in [0.717, 1.165) is 34.9 Å². The summed E-state index contributed by atoms with van der Waals surface area (Å²) in [5, 5.41) is 2.88. The van der Waals surface area contributed by atoms with Crippen molar-refractivity contribution in [1.82, 2.24) is 8.75 Å². The smallest absolute Gasteiger partial charge is 0.255 e. The molecular weight excluding hydrogens is 324 g/mol. The highest BCUT2D eigenvalue weighted by atomic mass is 32.1. The first-order chi connectivity index (χ1) is 11.6. The van der Waals surface area contributed by atoms with Crippen molar-refractivity contribution in [3.63, 3.8) is 0 Å². The zero-order chi connectivity index (χ0) is 16.7. The topological polar surface area (TPSA) is 75.2 Å². The minimum absolute atomic E-state index is 0.0127. The van der Waals surface area contributed by atoms with Gasteiger partial charge < -0.3 is 10.2 Å². The third kappa shape index (κ3) is 2.52. The summed E-state index contributed by atoms with van der Waals surface area (Å²) in [6.07, 6.45) is 0.844. The normalized spacial score (nSPS) is 13.1. The molecule has 24 heavy (non-hydrogen) atoms. The number of rotatable bonds is 2. The Morgan fingerprint density at radius 3 is 2.79 bits per heavy atom. The van der Waals surface area contributed by atoms with Gasteiger partial charge in [0.15, 0.2) is 0 Å². The van der Waals surface area contributed by atoms with Crippen LogP contribution in [0.3, 0.4) is 0 Å². The minimum Gasteiger partial charge on any atom is -0.322 e. The van der Waals surface area contributed by atoms with Gasteiger partial charge in [-0.25, -0.2) is 0 Å². The van der Waals surface area contributed by atoms with Gasteiger partial charge in [0.25, 0.3) is 5.91 Å². The average Bonchev–Trinajstić information content (AvgIpc) is 3.20. The molecule has 0 fully saturated rings. The number of carbonyl (C=O) groups excluding carboxylic acids is 2. The number of fused-ring (bicyclic) bond motifs is 2. The number of nitrogens with zero attached hydrogens (tertiary/aromatic N) is 3. The molecule has 1 aliphatic heterocycles. The Kier molecular flexibility index (Phi) is 3.50. The van der Waals surface area contributed by atoms with Gasteiger partial charge in [0.1, 0.15) is 11.0 Å². The molecule has 1 N–H and O–H groups in total. The van der Waals surface area contributed by atoms with Crippen LogP contribution in [0.4, 0.5) is 11.4 Å². The van der Waals surface area contributed by atoms with Gasteiger partial charge in [0.05, 0.1) is 11.7 Å². The van der Waals surface area contributed by atoms with Crippen LogP contribution in [-0.4, -0.2) is 27.1 Å². The molecule has 3 aromatic rings. The summed E-state index contributed by atoms with van der Waals surface area (Å²) in [4.78, 5) is 25.9. The van der Waals surface area contributed by atoms with E-state index >= 15 is 0 Å². The van der Waals surface area contributed by atoms with Crippen LogP contribution in [0.1, 0.15) is 22.8 Å². The molecule has 120 valence electrons. The van der Waals surface area contributed by atoms with E-state index in [1.54, 1.807) is 30.0 Å². The second-order valence-electron chi connectivity index (χ2n) is 5.69. The quantitative estimate of drug-likeness (QED) is 0.779. The number of anilines is 2. The van der Waals surface area contributed by atoms with Gasteiger partial charge in [-0.3, -0.25) is 9.59 Å².